The molecule has 0 aliphatic heterocycles. The van der Waals surface area contributed by atoms with Crippen LogP contribution >= 0.6 is 14.1 Å². The van der Waals surface area contributed by atoms with Gasteiger partial charge in [0.25, 0.3) is 0 Å². The monoisotopic (exact) mass is 595 g/mol. The zero-order valence-corrected chi connectivity index (χ0v) is 30.7. The van der Waals surface area contributed by atoms with Crippen molar-refractivity contribution >= 4 is 57.3 Å². The molecule has 0 aliphatic rings. The molecule has 0 radical (unpaired) electrons. The van der Waals surface area contributed by atoms with Crippen molar-refractivity contribution < 1.29 is 51.4 Å². The van der Waals surface area contributed by atoms with Gasteiger partial charge in [-0.1, -0.05) is 179 Å². The molecule has 38 heavy (non-hydrogen) atoms. The Morgan fingerprint density at radius 2 is 0.842 bits per heavy atom. The van der Waals surface area contributed by atoms with Crippen LogP contribution in [0.1, 0.15) is 0 Å². The molecule has 0 heterocycles. The van der Waals surface area contributed by atoms with E-state index in [1.807, 2.05) is 0 Å². The van der Waals surface area contributed by atoms with Gasteiger partial charge in [0.05, 0.1) is 0 Å². The zero-order valence-electron chi connectivity index (χ0n) is 23.8. The molecule has 0 aliphatic carbocycles. The Balaban J connectivity index is 0.00000400. The molecule has 0 unspecified atom stereocenters. The molecule has 0 saturated heterocycles. The summed E-state index contributed by atoms with van der Waals surface area (Å²) in [7, 11) is -8.73. The fourth-order valence-corrected chi connectivity index (χ4v) is 21.2. The minimum absolute atomic E-state index is 0. The molecule has 7 heteroatoms. The number of hydrogen-bond acceptors (Lipinski definition) is 1. The molecule has 192 valence electrons. The summed E-state index contributed by atoms with van der Waals surface area (Å²) in [6, 6.07) is 43.7. The number of hydrogen-bond donors (Lipinski definition) is 0. The maximum Gasteiger partial charge on any atom is 1.00 e. The molecule has 4 aromatic carbocycles. The first-order valence-corrected chi connectivity index (χ1v) is 23.2. The fraction of sp³-hybridized carbons (Fsp3) is 0.194. The Hall–Kier alpha value is -0.560. The summed E-state index contributed by atoms with van der Waals surface area (Å²) in [5.74, 6) is 0. The van der Waals surface area contributed by atoms with Crippen LogP contribution in [0.25, 0.3) is 4.75 Å². The molecule has 0 aromatic heterocycles. The molecular weight excluding hydrogens is 558 g/mol. The third-order valence-corrected chi connectivity index (χ3v) is 19.4. The Morgan fingerprint density at radius 3 is 1.13 bits per heavy atom. The second kappa shape index (κ2) is 13.4. The van der Waals surface area contributed by atoms with Crippen LogP contribution in [0.15, 0.2) is 126 Å². The largest absolute Gasteiger partial charge is 1.00 e. The number of nitrogens with zero attached hydrogens (tertiary/aromatic N) is 2. The van der Waals surface area contributed by atoms with Crippen LogP contribution < -0.4 is 72.6 Å². The molecular formula is C31H38KN2P2Si2-. The summed E-state index contributed by atoms with van der Waals surface area (Å²) in [4.78, 5) is 0. The van der Waals surface area contributed by atoms with Crippen LogP contribution in [0.3, 0.4) is 0 Å². The third kappa shape index (κ3) is 7.79. The van der Waals surface area contributed by atoms with E-state index in [-0.39, 0.29) is 51.4 Å². The van der Waals surface area contributed by atoms with E-state index in [2.05, 4.69) is 166 Å². The Morgan fingerprint density at radius 1 is 0.526 bits per heavy atom. The van der Waals surface area contributed by atoms with Crippen molar-refractivity contribution in [1.29, 1.82) is 0 Å². The van der Waals surface area contributed by atoms with E-state index in [0.717, 1.165) is 0 Å². The van der Waals surface area contributed by atoms with Crippen molar-refractivity contribution in [1.82, 2.24) is 0 Å². The van der Waals surface area contributed by atoms with E-state index in [9.17, 15) is 0 Å². The molecule has 0 N–H and O–H groups in total. The molecule has 0 spiro atoms. The van der Waals surface area contributed by atoms with Crippen LogP contribution in [0, 0.1) is 0 Å². The maximum atomic E-state index is 5.87. The van der Waals surface area contributed by atoms with Crippen molar-refractivity contribution in [2.75, 3.05) is 0 Å². The van der Waals surface area contributed by atoms with Crippen LogP contribution in [0.4, 0.5) is 0 Å². The van der Waals surface area contributed by atoms with Crippen molar-refractivity contribution in [2.24, 2.45) is 4.41 Å². The fourth-order valence-electron chi connectivity index (χ4n) is 4.49. The van der Waals surface area contributed by atoms with E-state index < -0.39 is 30.6 Å². The van der Waals surface area contributed by atoms with E-state index >= 15 is 0 Å². The Kier molecular flexibility index (Phi) is 11.3. The first-order chi connectivity index (χ1) is 17.5. The van der Waals surface area contributed by atoms with Gasteiger partial charge >= 0.3 is 51.4 Å². The zero-order chi connectivity index (χ0) is 26.6. The van der Waals surface area contributed by atoms with E-state index in [0.29, 0.717) is 0 Å². The minimum atomic E-state index is -2.45. The molecule has 0 fully saturated rings. The van der Waals surface area contributed by atoms with Gasteiger partial charge in [0.2, 0.25) is 0 Å². The molecule has 0 amide bonds. The predicted octanol–water partition coefficient (Wildman–Crippen LogP) is 5.11. The predicted molar refractivity (Wildman–Crippen MR) is 176 cm³/mol. The van der Waals surface area contributed by atoms with Gasteiger partial charge in [0.1, 0.15) is 0 Å². The summed E-state index contributed by atoms with van der Waals surface area (Å²) >= 11 is 0. The van der Waals surface area contributed by atoms with Crippen LogP contribution in [-0.4, -0.2) is 22.0 Å². The third-order valence-electron chi connectivity index (χ3n) is 5.71. The minimum Gasteiger partial charge on any atom is -0.658 e. The average molecular weight is 596 g/mol. The van der Waals surface area contributed by atoms with Crippen LogP contribution in [0.2, 0.25) is 39.3 Å². The summed E-state index contributed by atoms with van der Waals surface area (Å²) in [6.45, 7) is 14.1. The normalized spacial score (nSPS) is 12.4. The van der Waals surface area contributed by atoms with Crippen molar-refractivity contribution in [2.45, 2.75) is 39.3 Å². The van der Waals surface area contributed by atoms with Gasteiger partial charge in [-0.3, -0.25) is 0 Å². The SMILES string of the molecule is C[Si](C)(C)N=P([C-]=P([N-][Si](C)(C)C)(c1ccccc1)c1ccccc1)(c1ccccc1)c1ccccc1.[K+]. The first-order valence-electron chi connectivity index (χ1n) is 12.8. The standard InChI is InChI=1S/C31H38N2P2Si2.K/c1-36(2,3)32-34(28-19-11-7-12-20-28,29-21-13-8-14-22-29)27-35(33-37(4,5)6,30-23-15-9-16-24-30)31-25-17-10-18-26-31;/h7-26H,1-6H3;/q-2;+1. The topological polar surface area (TPSA) is 26.5 Å². The Labute approximate surface area is 275 Å². The van der Waals surface area contributed by atoms with E-state index in [1.54, 1.807) is 0 Å². The number of benzene rings is 4. The summed E-state index contributed by atoms with van der Waals surface area (Å²) in [5.41, 5.74) is 4.42. The summed E-state index contributed by atoms with van der Waals surface area (Å²) in [6.07, 6.45) is 0. The van der Waals surface area contributed by atoms with Gasteiger partial charge in [0, 0.05) is 0 Å². The van der Waals surface area contributed by atoms with Crippen LogP contribution in [-0.2, 0) is 0 Å². The van der Waals surface area contributed by atoms with E-state index in [1.165, 1.54) is 21.2 Å². The number of rotatable bonds is 8. The van der Waals surface area contributed by atoms with Gasteiger partial charge in [-0.15, -0.1) is 7.05 Å². The molecule has 4 aromatic rings. The average Bonchev–Trinajstić information content (AvgIpc) is 2.88. The molecule has 4 rings (SSSR count). The second-order valence-electron chi connectivity index (χ2n) is 11.3. The summed E-state index contributed by atoms with van der Waals surface area (Å²) < 4.78 is 11.7. The molecule has 0 atom stereocenters. The Bertz CT molecular complexity index is 1330. The second-order valence-corrected chi connectivity index (χ2v) is 26.9. The van der Waals surface area contributed by atoms with Gasteiger partial charge in [-0.05, 0) is 10.6 Å². The first kappa shape index (κ1) is 32.0. The van der Waals surface area contributed by atoms with Gasteiger partial charge in [0.15, 0.2) is 8.24 Å². The van der Waals surface area contributed by atoms with Gasteiger partial charge in [-0.25, -0.2) is 0 Å². The molecule has 2 nitrogen and oxygen atoms in total. The smallest absolute Gasteiger partial charge is 0.658 e. The van der Waals surface area contributed by atoms with Crippen molar-refractivity contribution in [3.63, 3.8) is 0 Å². The van der Waals surface area contributed by atoms with Gasteiger partial charge in [-0.2, -0.15) is 0 Å². The van der Waals surface area contributed by atoms with Crippen molar-refractivity contribution in [3.8, 4) is 0 Å². The molecule has 0 bridgehead atoms. The maximum absolute atomic E-state index is 5.87. The molecule has 0 saturated carbocycles. The van der Waals surface area contributed by atoms with Crippen LogP contribution in [0.5, 0.6) is 0 Å². The summed E-state index contributed by atoms with van der Waals surface area (Å²) in [5, 5.41) is 5.02. The quantitative estimate of drug-likeness (QED) is 0.154. The van der Waals surface area contributed by atoms with Crippen molar-refractivity contribution in [3.05, 3.63) is 126 Å². The van der Waals surface area contributed by atoms with E-state index in [4.69, 9.17) is 9.16 Å². The van der Waals surface area contributed by atoms with Gasteiger partial charge < -0.3 is 21.7 Å².